The van der Waals surface area contributed by atoms with E-state index in [0.717, 1.165) is 12.8 Å². The normalized spacial score (nSPS) is 9.84. The van der Waals surface area contributed by atoms with Crippen molar-refractivity contribution in [1.29, 1.82) is 0 Å². The van der Waals surface area contributed by atoms with Crippen molar-refractivity contribution in [2.75, 3.05) is 13.7 Å². The minimum absolute atomic E-state index is 0.147. The van der Waals surface area contributed by atoms with Crippen LogP contribution in [-0.2, 0) is 9.53 Å². The number of rotatable bonds is 6. The van der Waals surface area contributed by atoms with E-state index in [1.807, 2.05) is 0 Å². The van der Waals surface area contributed by atoms with Crippen LogP contribution in [0.1, 0.15) is 37.0 Å². The van der Waals surface area contributed by atoms with E-state index >= 15 is 0 Å². The fourth-order valence-corrected chi connectivity index (χ4v) is 1.44. The summed E-state index contributed by atoms with van der Waals surface area (Å²) in [5.41, 5.74) is 0.195. The number of carbonyl (C=O) groups excluding carboxylic acids is 2. The van der Waals surface area contributed by atoms with E-state index in [1.54, 1.807) is 6.07 Å². The highest BCUT2D eigenvalue weighted by Crippen LogP contribution is 2.26. The fraction of sp³-hybridized carbons (Fsp3) is 0.429. The summed E-state index contributed by atoms with van der Waals surface area (Å²) in [6, 6.07) is 4.68. The van der Waals surface area contributed by atoms with Crippen molar-refractivity contribution in [2.45, 2.75) is 26.7 Å². The lowest BCUT2D eigenvalue weighted by atomic mass is 10.2. The molecule has 104 valence electrons. The third-order valence-electron chi connectivity index (χ3n) is 2.38. The van der Waals surface area contributed by atoms with Crippen molar-refractivity contribution in [1.82, 2.24) is 0 Å². The van der Waals surface area contributed by atoms with Gasteiger partial charge in [0.05, 0.1) is 13.7 Å². The molecule has 0 saturated carbocycles. The van der Waals surface area contributed by atoms with Crippen LogP contribution in [0.3, 0.4) is 0 Å². The van der Waals surface area contributed by atoms with E-state index in [0.29, 0.717) is 12.4 Å². The molecule has 5 heteroatoms. The molecule has 0 spiro atoms. The van der Waals surface area contributed by atoms with E-state index < -0.39 is 11.9 Å². The van der Waals surface area contributed by atoms with Gasteiger partial charge in [0.25, 0.3) is 0 Å². The Morgan fingerprint density at radius 3 is 2.58 bits per heavy atom. The van der Waals surface area contributed by atoms with Crippen LogP contribution in [0.4, 0.5) is 0 Å². The first-order valence-corrected chi connectivity index (χ1v) is 6.12. The van der Waals surface area contributed by atoms with Crippen molar-refractivity contribution < 1.29 is 23.8 Å². The second-order valence-electron chi connectivity index (χ2n) is 3.95. The first kappa shape index (κ1) is 15.0. The molecule has 0 unspecified atom stereocenters. The van der Waals surface area contributed by atoms with Crippen molar-refractivity contribution in [3.05, 3.63) is 23.8 Å². The molecule has 0 aromatic heterocycles. The monoisotopic (exact) mass is 266 g/mol. The standard InChI is InChI=1S/C14H18O5/c1-4-5-8-18-11-6-7-12(14(16)17-3)13(9-11)19-10(2)15/h6-7,9H,4-5,8H2,1-3H3. The molecule has 19 heavy (non-hydrogen) atoms. The van der Waals surface area contributed by atoms with Crippen LogP contribution in [0.25, 0.3) is 0 Å². The van der Waals surface area contributed by atoms with Crippen LogP contribution < -0.4 is 9.47 Å². The number of hydrogen-bond acceptors (Lipinski definition) is 5. The van der Waals surface area contributed by atoms with Gasteiger partial charge < -0.3 is 14.2 Å². The summed E-state index contributed by atoms with van der Waals surface area (Å²) < 4.78 is 15.1. The van der Waals surface area contributed by atoms with Gasteiger partial charge in [-0.05, 0) is 18.6 Å². The van der Waals surface area contributed by atoms with E-state index in [9.17, 15) is 9.59 Å². The van der Waals surface area contributed by atoms with Crippen molar-refractivity contribution in [2.24, 2.45) is 0 Å². The minimum atomic E-state index is -0.559. The molecule has 0 N–H and O–H groups in total. The van der Waals surface area contributed by atoms with Gasteiger partial charge >= 0.3 is 11.9 Å². The van der Waals surface area contributed by atoms with Crippen LogP contribution >= 0.6 is 0 Å². The number of esters is 2. The van der Waals surface area contributed by atoms with Crippen LogP contribution in [0.15, 0.2) is 18.2 Å². The van der Waals surface area contributed by atoms with Crippen LogP contribution in [-0.4, -0.2) is 25.7 Å². The minimum Gasteiger partial charge on any atom is -0.493 e. The molecule has 1 rings (SSSR count). The molecule has 0 fully saturated rings. The van der Waals surface area contributed by atoms with Crippen LogP contribution in [0.2, 0.25) is 0 Å². The van der Waals surface area contributed by atoms with Gasteiger partial charge in [-0.2, -0.15) is 0 Å². The molecule has 0 heterocycles. The quantitative estimate of drug-likeness (QED) is 0.450. The number of ether oxygens (including phenoxy) is 3. The van der Waals surface area contributed by atoms with Gasteiger partial charge in [-0.1, -0.05) is 13.3 Å². The van der Waals surface area contributed by atoms with E-state index in [4.69, 9.17) is 9.47 Å². The molecule has 0 aliphatic heterocycles. The lowest BCUT2D eigenvalue weighted by molar-refractivity contribution is -0.131. The van der Waals surface area contributed by atoms with Gasteiger partial charge in [0.15, 0.2) is 0 Å². The molecule has 1 aromatic rings. The van der Waals surface area contributed by atoms with Gasteiger partial charge in [-0.15, -0.1) is 0 Å². The predicted octanol–water partition coefficient (Wildman–Crippen LogP) is 2.58. The Morgan fingerprint density at radius 1 is 1.26 bits per heavy atom. The zero-order chi connectivity index (χ0) is 14.3. The maximum Gasteiger partial charge on any atom is 0.341 e. The molecular formula is C14H18O5. The van der Waals surface area contributed by atoms with Crippen LogP contribution in [0.5, 0.6) is 11.5 Å². The first-order chi connectivity index (χ1) is 9.08. The molecule has 0 aliphatic carbocycles. The van der Waals surface area contributed by atoms with Gasteiger partial charge in [-0.3, -0.25) is 4.79 Å². The summed E-state index contributed by atoms with van der Waals surface area (Å²) in [5, 5.41) is 0. The fourth-order valence-electron chi connectivity index (χ4n) is 1.44. The third kappa shape index (κ3) is 4.62. The van der Waals surface area contributed by atoms with E-state index in [2.05, 4.69) is 11.7 Å². The summed E-state index contributed by atoms with van der Waals surface area (Å²) in [7, 11) is 1.27. The topological polar surface area (TPSA) is 61.8 Å². The highest BCUT2D eigenvalue weighted by atomic mass is 16.5. The molecular weight excluding hydrogens is 248 g/mol. The lowest BCUT2D eigenvalue weighted by Crippen LogP contribution is -2.09. The molecule has 0 bridgehead atoms. The highest BCUT2D eigenvalue weighted by Gasteiger charge is 2.15. The molecule has 0 saturated heterocycles. The Morgan fingerprint density at radius 2 is 2.00 bits per heavy atom. The average molecular weight is 266 g/mol. The average Bonchev–Trinajstić information content (AvgIpc) is 2.38. The predicted molar refractivity (Wildman–Crippen MR) is 69.5 cm³/mol. The zero-order valence-corrected chi connectivity index (χ0v) is 11.4. The second kappa shape index (κ2) is 7.41. The highest BCUT2D eigenvalue weighted by molar-refractivity contribution is 5.93. The summed E-state index contributed by atoms with van der Waals surface area (Å²) in [4.78, 5) is 22.6. The second-order valence-corrected chi connectivity index (χ2v) is 3.95. The summed E-state index contributed by atoms with van der Waals surface area (Å²) in [5.74, 6) is -0.363. The van der Waals surface area contributed by atoms with Gasteiger partial charge in [-0.25, -0.2) is 4.79 Å². The Hall–Kier alpha value is -2.04. The number of benzene rings is 1. The van der Waals surface area contributed by atoms with Crippen molar-refractivity contribution >= 4 is 11.9 Å². The van der Waals surface area contributed by atoms with E-state index in [1.165, 1.54) is 26.2 Å². The smallest absolute Gasteiger partial charge is 0.341 e. The Bertz CT molecular complexity index is 453. The molecule has 5 nitrogen and oxygen atoms in total. The lowest BCUT2D eigenvalue weighted by Gasteiger charge is -2.10. The van der Waals surface area contributed by atoms with E-state index in [-0.39, 0.29) is 11.3 Å². The Kier molecular flexibility index (Phi) is 5.85. The number of unbranched alkanes of at least 4 members (excludes halogenated alkanes) is 1. The Balaban J connectivity index is 2.94. The number of hydrogen-bond donors (Lipinski definition) is 0. The largest absolute Gasteiger partial charge is 0.493 e. The third-order valence-corrected chi connectivity index (χ3v) is 2.38. The van der Waals surface area contributed by atoms with Gasteiger partial charge in [0.2, 0.25) is 0 Å². The molecule has 0 amide bonds. The zero-order valence-electron chi connectivity index (χ0n) is 11.4. The number of carbonyl (C=O) groups is 2. The maximum atomic E-state index is 11.5. The van der Waals surface area contributed by atoms with Gasteiger partial charge in [0, 0.05) is 13.0 Å². The first-order valence-electron chi connectivity index (χ1n) is 6.12. The molecule has 0 atom stereocenters. The molecule has 1 aromatic carbocycles. The summed E-state index contributed by atoms with van der Waals surface area (Å²) in [6.45, 7) is 3.91. The Labute approximate surface area is 112 Å². The molecule has 0 radical (unpaired) electrons. The van der Waals surface area contributed by atoms with Crippen LogP contribution in [0, 0.1) is 0 Å². The number of methoxy groups -OCH3 is 1. The summed E-state index contributed by atoms with van der Waals surface area (Å²) >= 11 is 0. The SMILES string of the molecule is CCCCOc1ccc(C(=O)OC)c(OC(C)=O)c1. The molecule has 0 aliphatic rings. The van der Waals surface area contributed by atoms with Crippen molar-refractivity contribution in [3.8, 4) is 11.5 Å². The van der Waals surface area contributed by atoms with Crippen molar-refractivity contribution in [3.63, 3.8) is 0 Å². The van der Waals surface area contributed by atoms with Gasteiger partial charge in [0.1, 0.15) is 17.1 Å². The maximum absolute atomic E-state index is 11.5. The summed E-state index contributed by atoms with van der Waals surface area (Å²) in [6.07, 6.45) is 1.96.